The highest BCUT2D eigenvalue weighted by atomic mass is 32.1. The van der Waals surface area contributed by atoms with Gasteiger partial charge in [-0.05, 0) is 58.6 Å². The first kappa shape index (κ1) is 20.2. The molecule has 0 fully saturated rings. The number of hydrogen-bond acceptors (Lipinski definition) is 2. The van der Waals surface area contributed by atoms with Gasteiger partial charge in [-0.1, -0.05) is 78.9 Å². The lowest BCUT2D eigenvalue weighted by atomic mass is 9.97. The predicted octanol–water partition coefficient (Wildman–Crippen LogP) is 9.97. The summed E-state index contributed by atoms with van der Waals surface area (Å²) in [5, 5.41) is 7.65. The van der Waals surface area contributed by atoms with Gasteiger partial charge in [0, 0.05) is 32.2 Å². The van der Waals surface area contributed by atoms with Crippen LogP contribution in [0.4, 0.5) is 21.5 Å². The summed E-state index contributed by atoms with van der Waals surface area (Å²) in [6.07, 6.45) is 0. The highest BCUT2D eigenvalue weighted by molar-refractivity contribution is 7.27. The minimum atomic E-state index is -0.236. The highest BCUT2D eigenvalue weighted by Crippen LogP contribution is 2.48. The van der Waals surface area contributed by atoms with Crippen molar-refractivity contribution in [1.29, 1.82) is 0 Å². The molecule has 3 heteroatoms. The molecule has 1 nitrogen and oxygen atoms in total. The van der Waals surface area contributed by atoms with Gasteiger partial charge >= 0.3 is 0 Å². The van der Waals surface area contributed by atoms with Gasteiger partial charge in [-0.25, -0.2) is 4.39 Å². The predicted molar refractivity (Wildman–Crippen MR) is 149 cm³/mol. The molecule has 0 aliphatic rings. The number of fused-ring (bicyclic) bond motifs is 8. The molecule has 1 heterocycles. The monoisotopic (exact) mass is 469 g/mol. The maximum atomic E-state index is 13.8. The van der Waals surface area contributed by atoms with Crippen LogP contribution < -0.4 is 4.90 Å². The van der Waals surface area contributed by atoms with Crippen LogP contribution in [-0.2, 0) is 0 Å². The van der Waals surface area contributed by atoms with Crippen LogP contribution in [0, 0.1) is 5.82 Å². The van der Waals surface area contributed by atoms with Crippen molar-refractivity contribution in [2.24, 2.45) is 0 Å². The Morgan fingerprint density at radius 1 is 0.457 bits per heavy atom. The topological polar surface area (TPSA) is 3.24 Å². The summed E-state index contributed by atoms with van der Waals surface area (Å²) >= 11 is 1.84. The molecule has 0 unspecified atom stereocenters. The van der Waals surface area contributed by atoms with E-state index < -0.39 is 0 Å². The molecule has 35 heavy (non-hydrogen) atoms. The standard InChI is InChI=1S/C32H20FNS/c33-21-17-19-23(20-18-21)34(22-9-2-1-3-10-22)29-16-8-15-28-30-26-13-6-4-11-24(26)25-12-5-7-14-27(25)32(30)35-31(28)29/h1-20H. The number of benzene rings is 6. The molecule has 0 saturated heterocycles. The fraction of sp³-hybridized carbons (Fsp3) is 0. The minimum Gasteiger partial charge on any atom is -0.309 e. The molecular weight excluding hydrogens is 449 g/mol. The number of para-hydroxylation sites is 1. The molecule has 166 valence electrons. The van der Waals surface area contributed by atoms with Gasteiger partial charge < -0.3 is 4.90 Å². The van der Waals surface area contributed by atoms with Crippen molar-refractivity contribution in [2.75, 3.05) is 4.90 Å². The van der Waals surface area contributed by atoms with Crippen molar-refractivity contribution < 1.29 is 4.39 Å². The van der Waals surface area contributed by atoms with Crippen molar-refractivity contribution in [3.63, 3.8) is 0 Å². The highest BCUT2D eigenvalue weighted by Gasteiger charge is 2.20. The van der Waals surface area contributed by atoms with Crippen LogP contribution in [0.15, 0.2) is 121 Å². The van der Waals surface area contributed by atoms with Crippen LogP contribution in [0.5, 0.6) is 0 Å². The largest absolute Gasteiger partial charge is 0.309 e. The van der Waals surface area contributed by atoms with E-state index in [1.54, 1.807) is 0 Å². The van der Waals surface area contributed by atoms with Crippen molar-refractivity contribution in [1.82, 2.24) is 0 Å². The summed E-state index contributed by atoms with van der Waals surface area (Å²) in [6, 6.07) is 40.9. The minimum absolute atomic E-state index is 0.236. The van der Waals surface area contributed by atoms with Crippen molar-refractivity contribution in [2.45, 2.75) is 0 Å². The van der Waals surface area contributed by atoms with Gasteiger partial charge in [0.1, 0.15) is 5.82 Å². The summed E-state index contributed by atoms with van der Waals surface area (Å²) < 4.78 is 16.3. The molecule has 0 atom stereocenters. The lowest BCUT2D eigenvalue weighted by Gasteiger charge is -2.26. The van der Waals surface area contributed by atoms with E-state index in [2.05, 4.69) is 83.8 Å². The zero-order valence-electron chi connectivity index (χ0n) is 18.8. The van der Waals surface area contributed by atoms with Crippen molar-refractivity contribution in [3.8, 4) is 0 Å². The second kappa shape index (κ2) is 7.93. The van der Waals surface area contributed by atoms with E-state index in [0.717, 1.165) is 17.1 Å². The molecule has 7 aromatic rings. The molecule has 0 aliphatic heterocycles. The van der Waals surface area contributed by atoms with E-state index >= 15 is 0 Å². The first-order valence-corrected chi connectivity index (χ1v) is 12.5. The summed E-state index contributed by atoms with van der Waals surface area (Å²) in [7, 11) is 0. The quantitative estimate of drug-likeness (QED) is 0.233. The molecule has 0 spiro atoms. The average Bonchev–Trinajstić information content (AvgIpc) is 3.32. The Hall–Kier alpha value is -4.21. The summed E-state index contributed by atoms with van der Waals surface area (Å²) in [6.45, 7) is 0. The Balaban J connectivity index is 1.62. The van der Waals surface area contributed by atoms with Gasteiger partial charge in [0.25, 0.3) is 0 Å². The van der Waals surface area contributed by atoms with Crippen LogP contribution in [0.3, 0.4) is 0 Å². The van der Waals surface area contributed by atoms with E-state index in [9.17, 15) is 4.39 Å². The second-order valence-electron chi connectivity index (χ2n) is 8.70. The SMILES string of the molecule is Fc1ccc(N(c2ccccc2)c2cccc3c2sc2c4ccccc4c4ccccc4c32)cc1. The third-order valence-electron chi connectivity index (χ3n) is 6.69. The fourth-order valence-corrected chi connectivity index (χ4v) is 6.54. The molecular formula is C32H20FNS. The fourth-order valence-electron chi connectivity index (χ4n) is 5.18. The molecule has 0 bridgehead atoms. The summed E-state index contributed by atoms with van der Waals surface area (Å²) in [5.41, 5.74) is 3.06. The molecule has 0 amide bonds. The summed E-state index contributed by atoms with van der Waals surface area (Å²) in [4.78, 5) is 2.22. The van der Waals surface area contributed by atoms with E-state index in [1.807, 2.05) is 41.7 Å². The first-order chi connectivity index (χ1) is 17.3. The third kappa shape index (κ3) is 3.13. The lowest BCUT2D eigenvalue weighted by molar-refractivity contribution is 0.628. The van der Waals surface area contributed by atoms with Gasteiger partial charge in [0.05, 0.1) is 10.4 Å². The Bertz CT molecular complexity index is 1850. The van der Waals surface area contributed by atoms with Crippen LogP contribution in [0.1, 0.15) is 0 Å². The molecule has 0 radical (unpaired) electrons. The zero-order valence-corrected chi connectivity index (χ0v) is 19.6. The molecule has 0 aliphatic carbocycles. The Labute approximate surface area is 206 Å². The third-order valence-corrected chi connectivity index (χ3v) is 7.95. The maximum absolute atomic E-state index is 13.8. The van der Waals surface area contributed by atoms with Crippen molar-refractivity contribution >= 4 is 70.1 Å². The van der Waals surface area contributed by atoms with Gasteiger partial charge in [0.2, 0.25) is 0 Å². The van der Waals surface area contributed by atoms with E-state index in [4.69, 9.17) is 0 Å². The van der Waals surface area contributed by atoms with Crippen LogP contribution in [-0.4, -0.2) is 0 Å². The number of hydrogen-bond donors (Lipinski definition) is 0. The van der Waals surface area contributed by atoms with Gasteiger partial charge in [-0.2, -0.15) is 0 Å². The Morgan fingerprint density at radius 2 is 1.03 bits per heavy atom. The molecule has 0 saturated carbocycles. The lowest BCUT2D eigenvalue weighted by Crippen LogP contribution is -2.09. The number of thiophene rings is 1. The van der Waals surface area contributed by atoms with Crippen LogP contribution in [0.2, 0.25) is 0 Å². The maximum Gasteiger partial charge on any atom is 0.123 e. The zero-order chi connectivity index (χ0) is 23.4. The Morgan fingerprint density at radius 3 is 1.77 bits per heavy atom. The molecule has 1 aromatic heterocycles. The van der Waals surface area contributed by atoms with E-state index in [-0.39, 0.29) is 5.82 Å². The van der Waals surface area contributed by atoms with E-state index in [1.165, 1.54) is 53.8 Å². The molecule has 7 rings (SSSR count). The molecule has 0 N–H and O–H groups in total. The number of nitrogens with zero attached hydrogens (tertiary/aromatic N) is 1. The van der Waals surface area contributed by atoms with Crippen molar-refractivity contribution in [3.05, 3.63) is 127 Å². The number of halogens is 1. The van der Waals surface area contributed by atoms with Crippen LogP contribution >= 0.6 is 11.3 Å². The van der Waals surface area contributed by atoms with E-state index in [0.29, 0.717) is 0 Å². The number of anilines is 3. The van der Waals surface area contributed by atoms with Gasteiger partial charge in [-0.15, -0.1) is 11.3 Å². The normalized spacial score (nSPS) is 11.6. The smallest absolute Gasteiger partial charge is 0.123 e. The van der Waals surface area contributed by atoms with Gasteiger partial charge in [-0.3, -0.25) is 0 Å². The van der Waals surface area contributed by atoms with Crippen LogP contribution in [0.25, 0.3) is 41.7 Å². The Kier molecular flexibility index (Phi) is 4.58. The summed E-state index contributed by atoms with van der Waals surface area (Å²) in [5.74, 6) is -0.236. The average molecular weight is 470 g/mol. The second-order valence-corrected chi connectivity index (χ2v) is 9.72. The molecule has 6 aromatic carbocycles. The van der Waals surface area contributed by atoms with Gasteiger partial charge in [0.15, 0.2) is 0 Å². The number of rotatable bonds is 3. The first-order valence-electron chi connectivity index (χ1n) is 11.6.